The van der Waals surface area contributed by atoms with Crippen molar-refractivity contribution >= 4 is 52.0 Å². The number of carbonyl (C=O) groups is 4. The number of aromatic nitrogens is 1. The first kappa shape index (κ1) is 31.3. The molecule has 1 aliphatic carbocycles. The molecule has 3 heterocycles. The van der Waals surface area contributed by atoms with Gasteiger partial charge in [-0.3, -0.25) is 29.4 Å². The molecule has 0 unspecified atom stereocenters. The standard InChI is InChI=1S/C33H33N3O9S/c1-17(37)43-14-19-16-46-31-26(30(39)35(31)29(19)32(40)45-33(2,3)4)13-21(38)15-44-22-7-10-23-18(11-22)5-8-25-24-9-6-20(36(41)42)12-27(24)34-28(23)25/h6-7,9-12,26,31,34H,5,8,13-16H2,1-4H3/t26-,31-/m1/s1. The lowest BCUT2D eigenvalue weighted by molar-refractivity contribution is -0.384. The van der Waals surface area contributed by atoms with Gasteiger partial charge in [0.15, 0.2) is 5.78 Å². The van der Waals surface area contributed by atoms with E-state index in [1.54, 1.807) is 39.0 Å². The maximum absolute atomic E-state index is 13.3. The van der Waals surface area contributed by atoms with E-state index in [0.29, 0.717) is 22.6 Å². The van der Waals surface area contributed by atoms with Crippen molar-refractivity contribution in [1.82, 2.24) is 9.88 Å². The third-order valence-electron chi connectivity index (χ3n) is 8.14. The van der Waals surface area contributed by atoms with E-state index in [0.717, 1.165) is 40.6 Å². The van der Waals surface area contributed by atoms with Crippen LogP contribution in [0.2, 0.25) is 0 Å². The first-order valence-corrected chi connectivity index (χ1v) is 16.0. The minimum absolute atomic E-state index is 0.0297. The number of Topliss-reactive ketones (excluding diaryl/α,β-unsaturated/α-hetero) is 1. The van der Waals surface area contributed by atoms with Crippen LogP contribution >= 0.6 is 11.8 Å². The van der Waals surface area contributed by atoms with Gasteiger partial charge in [0.2, 0.25) is 5.91 Å². The molecule has 12 nitrogen and oxygen atoms in total. The summed E-state index contributed by atoms with van der Waals surface area (Å²) < 4.78 is 16.5. The Labute approximate surface area is 268 Å². The summed E-state index contributed by atoms with van der Waals surface area (Å²) >= 11 is 1.41. The number of hydrogen-bond acceptors (Lipinski definition) is 10. The van der Waals surface area contributed by atoms with E-state index >= 15 is 0 Å². The second-order valence-corrected chi connectivity index (χ2v) is 13.7. The number of nitro groups is 1. The smallest absolute Gasteiger partial charge is 0.355 e. The number of ether oxygens (including phenoxy) is 3. The lowest BCUT2D eigenvalue weighted by atomic mass is 9.89. The molecule has 46 heavy (non-hydrogen) atoms. The predicted octanol–water partition coefficient (Wildman–Crippen LogP) is 4.87. The second kappa shape index (κ2) is 11.9. The van der Waals surface area contributed by atoms with Crippen LogP contribution in [0, 0.1) is 16.0 Å². The van der Waals surface area contributed by atoms with E-state index in [4.69, 9.17) is 14.2 Å². The van der Waals surface area contributed by atoms with Crippen LogP contribution in [0.1, 0.15) is 45.2 Å². The van der Waals surface area contributed by atoms with Crippen molar-refractivity contribution in [2.45, 2.75) is 57.9 Å². The van der Waals surface area contributed by atoms with Crippen LogP contribution < -0.4 is 4.74 Å². The molecule has 3 aromatic rings. The molecule has 0 radical (unpaired) electrons. The average molecular weight is 648 g/mol. The molecule has 3 aliphatic rings. The summed E-state index contributed by atoms with van der Waals surface area (Å²) in [4.78, 5) is 66.3. The molecule has 0 saturated carbocycles. The number of thioether (sulfide) groups is 1. The number of hydrogen-bond donors (Lipinski definition) is 1. The molecule has 6 rings (SSSR count). The average Bonchev–Trinajstić information content (AvgIpc) is 3.38. The number of benzene rings is 2. The topological polar surface area (TPSA) is 158 Å². The minimum atomic E-state index is -0.797. The van der Waals surface area contributed by atoms with Crippen LogP contribution in [0.4, 0.5) is 5.69 Å². The van der Waals surface area contributed by atoms with Crippen LogP contribution in [0.15, 0.2) is 47.7 Å². The Morgan fingerprint density at radius 1 is 1.13 bits per heavy atom. The Morgan fingerprint density at radius 2 is 1.91 bits per heavy atom. The molecule has 2 atom stereocenters. The van der Waals surface area contributed by atoms with Crippen molar-refractivity contribution < 1.29 is 38.3 Å². The lowest BCUT2D eigenvalue weighted by Gasteiger charge is -2.50. The number of nitro benzene ring substituents is 1. The Hall–Kier alpha value is -4.65. The van der Waals surface area contributed by atoms with Crippen molar-refractivity contribution in [1.29, 1.82) is 0 Å². The van der Waals surface area contributed by atoms with Crippen molar-refractivity contribution in [2.75, 3.05) is 19.0 Å². The highest BCUT2D eigenvalue weighted by atomic mass is 32.2. The fourth-order valence-corrected chi connectivity index (χ4v) is 7.51. The molecule has 0 bridgehead atoms. The number of nitrogens with zero attached hydrogens (tertiary/aromatic N) is 2. The molecule has 13 heteroatoms. The Balaban J connectivity index is 1.11. The van der Waals surface area contributed by atoms with Crippen molar-refractivity contribution in [3.63, 3.8) is 0 Å². The maximum Gasteiger partial charge on any atom is 0.355 e. The van der Waals surface area contributed by atoms with E-state index in [2.05, 4.69) is 4.98 Å². The summed E-state index contributed by atoms with van der Waals surface area (Å²) in [6.07, 6.45) is 1.46. The summed E-state index contributed by atoms with van der Waals surface area (Å²) in [6, 6.07) is 10.4. The summed E-state index contributed by atoms with van der Waals surface area (Å²) in [5.74, 6) is -1.52. The minimum Gasteiger partial charge on any atom is -0.486 e. The van der Waals surface area contributed by atoms with Gasteiger partial charge >= 0.3 is 11.9 Å². The van der Waals surface area contributed by atoms with Crippen molar-refractivity contribution in [3.05, 3.63) is 68.9 Å². The molecule has 1 saturated heterocycles. The van der Waals surface area contributed by atoms with Gasteiger partial charge in [0.1, 0.15) is 30.3 Å². The number of β-lactam (4-membered cyclic amide) rings is 1. The van der Waals surface area contributed by atoms with Gasteiger partial charge in [0.25, 0.3) is 5.69 Å². The molecule has 2 aromatic carbocycles. The third-order valence-corrected chi connectivity index (χ3v) is 9.53. The van der Waals surface area contributed by atoms with Gasteiger partial charge in [-0.15, -0.1) is 11.8 Å². The number of H-pyrrole nitrogens is 1. The highest BCUT2D eigenvalue weighted by molar-refractivity contribution is 8.00. The molecule has 0 spiro atoms. The van der Waals surface area contributed by atoms with Crippen LogP contribution in [0.25, 0.3) is 22.2 Å². The van der Waals surface area contributed by atoms with E-state index in [-0.39, 0.29) is 42.7 Å². The number of fused-ring (bicyclic) bond motifs is 6. The monoisotopic (exact) mass is 647 g/mol. The molecule has 1 amide bonds. The lowest BCUT2D eigenvalue weighted by Crippen LogP contribution is -2.62. The van der Waals surface area contributed by atoms with Crippen LogP contribution in [-0.4, -0.2) is 68.4 Å². The molecule has 2 aliphatic heterocycles. The number of esters is 2. The van der Waals surface area contributed by atoms with Gasteiger partial charge in [-0.05, 0) is 69.0 Å². The number of rotatable bonds is 9. The molecular formula is C33H33N3O9S. The number of nitrogens with one attached hydrogen (secondary N) is 1. The van der Waals surface area contributed by atoms with E-state index in [9.17, 15) is 29.3 Å². The zero-order chi connectivity index (χ0) is 32.9. The fraction of sp³-hybridized carbons (Fsp3) is 0.394. The Bertz CT molecular complexity index is 1840. The highest BCUT2D eigenvalue weighted by Crippen LogP contribution is 2.46. The summed E-state index contributed by atoms with van der Waals surface area (Å²) in [6.45, 7) is 6.10. The number of carbonyl (C=O) groups excluding carboxylic acids is 4. The zero-order valence-electron chi connectivity index (χ0n) is 25.8. The molecule has 1 aromatic heterocycles. The van der Waals surface area contributed by atoms with E-state index in [1.807, 2.05) is 12.1 Å². The first-order valence-electron chi connectivity index (χ1n) is 14.9. The van der Waals surface area contributed by atoms with Gasteiger partial charge in [-0.25, -0.2) is 4.79 Å². The van der Waals surface area contributed by atoms with Gasteiger partial charge in [-0.2, -0.15) is 0 Å². The zero-order valence-corrected chi connectivity index (χ0v) is 26.7. The molecule has 240 valence electrons. The van der Waals surface area contributed by atoms with Crippen LogP contribution in [0.5, 0.6) is 5.75 Å². The van der Waals surface area contributed by atoms with Crippen LogP contribution in [-0.2, 0) is 41.5 Å². The third kappa shape index (κ3) is 5.98. The van der Waals surface area contributed by atoms with Gasteiger partial charge < -0.3 is 19.2 Å². The summed E-state index contributed by atoms with van der Waals surface area (Å²) in [5.41, 5.74) is 4.57. The number of non-ortho nitro benzene ring substituents is 1. The summed E-state index contributed by atoms with van der Waals surface area (Å²) in [5, 5.41) is 11.8. The Morgan fingerprint density at radius 3 is 2.63 bits per heavy atom. The quantitative estimate of drug-likeness (QED) is 0.147. The normalized spacial score (nSPS) is 18.7. The molecule has 1 N–H and O–H groups in total. The van der Waals surface area contributed by atoms with Crippen molar-refractivity contribution in [3.8, 4) is 17.0 Å². The number of aromatic amines is 1. The highest BCUT2D eigenvalue weighted by Gasteiger charge is 2.54. The van der Waals surface area contributed by atoms with Gasteiger partial charge in [0.05, 0.1) is 21.7 Å². The second-order valence-electron chi connectivity index (χ2n) is 12.6. The van der Waals surface area contributed by atoms with Gasteiger partial charge in [0, 0.05) is 53.4 Å². The van der Waals surface area contributed by atoms with Crippen LogP contribution in [0.3, 0.4) is 0 Å². The molecule has 1 fully saturated rings. The number of ketones is 1. The van der Waals surface area contributed by atoms with Crippen molar-refractivity contribution in [2.24, 2.45) is 5.92 Å². The SMILES string of the molecule is CC(=O)OCC1=C(C(=O)OC(C)(C)C)N2C(=O)[C@@H](CC(=O)COc3ccc4c(c3)CCc3c-4[nH]c4cc([N+](=O)[O-])ccc34)[C@H]2SC1. The summed E-state index contributed by atoms with van der Waals surface area (Å²) in [7, 11) is 0. The largest absolute Gasteiger partial charge is 0.486 e. The number of amides is 1. The van der Waals surface area contributed by atoms with Gasteiger partial charge in [-0.1, -0.05) is 0 Å². The molecular weight excluding hydrogens is 614 g/mol. The van der Waals surface area contributed by atoms with E-state index in [1.165, 1.54) is 29.7 Å². The van der Waals surface area contributed by atoms with E-state index < -0.39 is 33.8 Å². The first-order chi connectivity index (χ1) is 21.8. The fourth-order valence-electron chi connectivity index (χ4n) is 6.12. The predicted molar refractivity (Wildman–Crippen MR) is 169 cm³/mol. The number of aryl methyl sites for hydroxylation is 2. The Kier molecular flexibility index (Phi) is 8.13. The maximum atomic E-state index is 13.3.